The summed E-state index contributed by atoms with van der Waals surface area (Å²) in [6.45, 7) is 0. The Morgan fingerprint density at radius 2 is 1.29 bits per heavy atom. The molecule has 0 N–H and O–H groups in total. The average Bonchev–Trinajstić information content (AvgIpc) is 3.75. The molecular formula is C28H20F2IN7O2S2. The molecular weight excluding hydrogens is 695 g/mol. The van der Waals surface area contributed by atoms with E-state index in [1.54, 1.807) is 45.7 Å². The fourth-order valence-electron chi connectivity index (χ4n) is 3.75. The van der Waals surface area contributed by atoms with E-state index in [4.69, 9.17) is 9.47 Å². The van der Waals surface area contributed by atoms with Crippen LogP contribution in [0.15, 0.2) is 85.2 Å². The SMILES string of the molecule is CN(C)c1cccc(-c2cnc3sc(Oc4ccc(F)cc4)nn23)c1.Fc1ccc(Oc2nn3c(I)cnc3s2)cc1. The number of fused-ring (bicyclic) bond motifs is 2. The lowest BCUT2D eigenvalue weighted by Crippen LogP contribution is -2.08. The van der Waals surface area contributed by atoms with Crippen LogP contribution in [0.5, 0.6) is 21.9 Å². The molecule has 3 aromatic carbocycles. The highest BCUT2D eigenvalue weighted by Gasteiger charge is 2.14. The summed E-state index contributed by atoms with van der Waals surface area (Å²) in [4.78, 5) is 12.1. The summed E-state index contributed by atoms with van der Waals surface area (Å²) in [5, 5.41) is 9.67. The van der Waals surface area contributed by atoms with Crippen LogP contribution in [0.1, 0.15) is 0 Å². The van der Waals surface area contributed by atoms with E-state index in [1.807, 2.05) is 37.2 Å². The van der Waals surface area contributed by atoms with Crippen LogP contribution < -0.4 is 14.4 Å². The average molecular weight is 716 g/mol. The van der Waals surface area contributed by atoms with Crippen LogP contribution in [0.2, 0.25) is 0 Å². The summed E-state index contributed by atoms with van der Waals surface area (Å²) in [6, 6.07) is 19.8. The smallest absolute Gasteiger partial charge is 0.299 e. The first-order valence-electron chi connectivity index (χ1n) is 12.3. The van der Waals surface area contributed by atoms with Gasteiger partial charge in [-0.1, -0.05) is 12.1 Å². The lowest BCUT2D eigenvalue weighted by molar-refractivity contribution is 0.468. The Hall–Kier alpha value is -4.15. The van der Waals surface area contributed by atoms with Crippen LogP contribution in [0.4, 0.5) is 14.5 Å². The molecule has 0 spiro atoms. The lowest BCUT2D eigenvalue weighted by atomic mass is 10.1. The molecule has 7 rings (SSSR count). The van der Waals surface area contributed by atoms with Crippen molar-refractivity contribution in [2.24, 2.45) is 0 Å². The molecule has 0 unspecified atom stereocenters. The number of hydrogen-bond acceptors (Lipinski definition) is 9. The highest BCUT2D eigenvalue weighted by atomic mass is 127. The van der Waals surface area contributed by atoms with Crippen LogP contribution in [0, 0.1) is 15.3 Å². The fraction of sp³-hybridized carbons (Fsp3) is 0.0714. The number of aromatic nitrogens is 6. The molecule has 42 heavy (non-hydrogen) atoms. The normalized spacial score (nSPS) is 11.0. The van der Waals surface area contributed by atoms with Crippen molar-refractivity contribution in [2.45, 2.75) is 0 Å². The first-order chi connectivity index (χ1) is 20.3. The van der Waals surface area contributed by atoms with Crippen molar-refractivity contribution in [1.29, 1.82) is 0 Å². The second kappa shape index (κ2) is 12.0. The summed E-state index contributed by atoms with van der Waals surface area (Å²) >= 11 is 4.82. The largest absolute Gasteiger partial charge is 0.430 e. The minimum Gasteiger partial charge on any atom is -0.430 e. The summed E-state index contributed by atoms with van der Waals surface area (Å²) in [7, 11) is 4.01. The maximum atomic E-state index is 13.0. The van der Waals surface area contributed by atoms with E-state index in [0.717, 1.165) is 30.6 Å². The Morgan fingerprint density at radius 3 is 1.86 bits per heavy atom. The van der Waals surface area contributed by atoms with E-state index in [2.05, 4.69) is 48.8 Å². The highest BCUT2D eigenvalue weighted by Crippen LogP contribution is 2.31. The predicted octanol–water partition coefficient (Wildman–Crippen LogP) is 7.78. The van der Waals surface area contributed by atoms with Gasteiger partial charge in [0.05, 0.1) is 18.1 Å². The van der Waals surface area contributed by atoms with Gasteiger partial charge in [-0.3, -0.25) is 0 Å². The van der Waals surface area contributed by atoms with E-state index in [-0.39, 0.29) is 11.6 Å². The molecule has 0 aliphatic rings. The molecule has 9 nitrogen and oxygen atoms in total. The van der Waals surface area contributed by atoms with Crippen LogP contribution in [-0.4, -0.2) is 43.3 Å². The quantitative estimate of drug-likeness (QED) is 0.163. The fourth-order valence-corrected chi connectivity index (χ4v) is 5.89. The van der Waals surface area contributed by atoms with Crippen molar-refractivity contribution in [2.75, 3.05) is 19.0 Å². The lowest BCUT2D eigenvalue weighted by Gasteiger charge is -2.13. The number of halogens is 3. The van der Waals surface area contributed by atoms with Crippen molar-refractivity contribution in [3.05, 3.63) is 101 Å². The van der Waals surface area contributed by atoms with Gasteiger partial charge in [0.1, 0.15) is 26.8 Å². The molecule has 14 heteroatoms. The van der Waals surface area contributed by atoms with Crippen molar-refractivity contribution in [3.8, 4) is 33.1 Å². The maximum Gasteiger partial charge on any atom is 0.299 e. The zero-order chi connectivity index (χ0) is 29.2. The molecule has 0 radical (unpaired) electrons. The molecule has 0 saturated carbocycles. The van der Waals surface area contributed by atoms with E-state index in [0.29, 0.717) is 21.9 Å². The first kappa shape index (κ1) is 28.0. The van der Waals surface area contributed by atoms with Gasteiger partial charge in [-0.05, 0) is 106 Å². The Morgan fingerprint density at radius 1 is 0.738 bits per heavy atom. The van der Waals surface area contributed by atoms with E-state index in [1.165, 1.54) is 46.9 Å². The second-order valence-corrected chi connectivity index (χ2v) is 11.8. The number of anilines is 1. The third-order valence-electron chi connectivity index (χ3n) is 5.79. The summed E-state index contributed by atoms with van der Waals surface area (Å²) < 4.78 is 41.3. The molecule has 0 amide bonds. The van der Waals surface area contributed by atoms with Gasteiger partial charge in [0, 0.05) is 25.3 Å². The first-order valence-corrected chi connectivity index (χ1v) is 15.0. The predicted molar refractivity (Wildman–Crippen MR) is 167 cm³/mol. The van der Waals surface area contributed by atoms with Crippen LogP contribution >= 0.6 is 45.3 Å². The zero-order valence-electron chi connectivity index (χ0n) is 22.0. The third kappa shape index (κ3) is 6.19. The third-order valence-corrected chi connectivity index (χ3v) is 8.12. The molecule has 0 aliphatic carbocycles. The molecule has 0 atom stereocenters. The molecule has 4 aromatic heterocycles. The van der Waals surface area contributed by atoms with Gasteiger partial charge >= 0.3 is 0 Å². The molecule has 0 saturated heterocycles. The molecule has 212 valence electrons. The van der Waals surface area contributed by atoms with E-state index >= 15 is 0 Å². The Balaban J connectivity index is 0.000000162. The van der Waals surface area contributed by atoms with E-state index in [9.17, 15) is 8.78 Å². The number of benzene rings is 3. The van der Waals surface area contributed by atoms with Crippen LogP contribution in [-0.2, 0) is 0 Å². The number of rotatable bonds is 6. The standard InChI is InChI=1S/C18H15FN4OS.C10H5FIN3OS/c1-22(2)14-5-3-4-12(10-14)16-11-20-17-23(16)21-18(25-17)24-15-8-6-13(19)7-9-15;11-6-1-3-7(4-2-6)16-10-14-15-8(12)5-13-9(15)17-10/h3-11H,1-2H3;1-5H. The topological polar surface area (TPSA) is 82.1 Å². The maximum absolute atomic E-state index is 13.0. The molecule has 0 bridgehead atoms. The Bertz CT molecular complexity index is 1970. The van der Waals surface area contributed by atoms with Crippen molar-refractivity contribution in [1.82, 2.24) is 29.2 Å². The van der Waals surface area contributed by atoms with Gasteiger partial charge in [-0.15, -0.1) is 10.2 Å². The molecule has 0 fully saturated rings. The van der Waals surface area contributed by atoms with Crippen molar-refractivity contribution in [3.63, 3.8) is 0 Å². The van der Waals surface area contributed by atoms with Gasteiger partial charge in [-0.2, -0.15) is 9.03 Å². The zero-order valence-corrected chi connectivity index (χ0v) is 25.8. The molecule has 0 aliphatic heterocycles. The van der Waals surface area contributed by atoms with Crippen molar-refractivity contribution >= 4 is 60.9 Å². The van der Waals surface area contributed by atoms with Gasteiger partial charge in [0.15, 0.2) is 0 Å². The second-order valence-electron chi connectivity index (χ2n) is 8.91. The van der Waals surface area contributed by atoms with Crippen molar-refractivity contribution < 1.29 is 18.3 Å². The summed E-state index contributed by atoms with van der Waals surface area (Å²) in [6.07, 6.45) is 3.54. The van der Waals surface area contributed by atoms with Gasteiger partial charge in [0.2, 0.25) is 9.92 Å². The van der Waals surface area contributed by atoms with Gasteiger partial charge in [-0.25, -0.2) is 18.7 Å². The van der Waals surface area contributed by atoms with Gasteiger partial charge < -0.3 is 14.4 Å². The molecule has 4 heterocycles. The van der Waals surface area contributed by atoms with Crippen LogP contribution in [0.3, 0.4) is 0 Å². The Kier molecular flexibility index (Phi) is 7.99. The highest BCUT2D eigenvalue weighted by molar-refractivity contribution is 14.1. The minimum absolute atomic E-state index is 0.291. The minimum atomic E-state index is -0.302. The van der Waals surface area contributed by atoms with Gasteiger partial charge in [0.25, 0.3) is 10.4 Å². The number of imidazole rings is 2. The number of ether oxygens (including phenoxy) is 2. The summed E-state index contributed by atoms with van der Waals surface area (Å²) in [5.41, 5.74) is 3.02. The monoisotopic (exact) mass is 715 g/mol. The Labute approximate surface area is 259 Å². The number of hydrogen-bond donors (Lipinski definition) is 0. The summed E-state index contributed by atoms with van der Waals surface area (Å²) in [5.74, 6) is 0.498. The van der Waals surface area contributed by atoms with Crippen LogP contribution in [0.25, 0.3) is 21.2 Å². The number of nitrogens with zero attached hydrogens (tertiary/aromatic N) is 7. The van der Waals surface area contributed by atoms with E-state index < -0.39 is 0 Å². The molecule has 7 aromatic rings.